The maximum absolute atomic E-state index is 12.5. The van der Waals surface area contributed by atoms with Gasteiger partial charge in [-0.3, -0.25) is 9.79 Å². The molecular weight excluding hydrogens is 392 g/mol. The van der Waals surface area contributed by atoms with E-state index in [1.165, 1.54) is 6.26 Å². The second-order valence-corrected chi connectivity index (χ2v) is 7.62. The van der Waals surface area contributed by atoms with Gasteiger partial charge in [0.25, 0.3) is 5.91 Å². The van der Waals surface area contributed by atoms with Gasteiger partial charge in [0.05, 0.1) is 17.6 Å². The summed E-state index contributed by atoms with van der Waals surface area (Å²) in [6, 6.07) is 13.8. The molecule has 0 unspecified atom stereocenters. The molecule has 31 heavy (non-hydrogen) atoms. The molecule has 162 valence electrons. The van der Waals surface area contributed by atoms with Crippen molar-refractivity contribution in [1.82, 2.24) is 24.9 Å². The van der Waals surface area contributed by atoms with Gasteiger partial charge < -0.3 is 19.5 Å². The summed E-state index contributed by atoms with van der Waals surface area (Å²) in [5.41, 5.74) is 4.30. The predicted molar refractivity (Wildman–Crippen MR) is 119 cm³/mol. The first-order valence-corrected chi connectivity index (χ1v) is 10.5. The summed E-state index contributed by atoms with van der Waals surface area (Å²) in [6.45, 7) is 7.38. The molecule has 1 aliphatic rings. The highest BCUT2D eigenvalue weighted by Crippen LogP contribution is 2.17. The number of guanidine groups is 1. The molecule has 0 saturated carbocycles. The number of carbonyl (C=O) groups is 1. The molecule has 1 aromatic carbocycles. The van der Waals surface area contributed by atoms with Crippen LogP contribution in [0, 0.1) is 13.8 Å². The molecule has 0 bridgehead atoms. The number of hydrogen-bond donors (Lipinski definition) is 1. The molecule has 1 N–H and O–H groups in total. The number of para-hydroxylation sites is 1. The number of piperazine rings is 1. The van der Waals surface area contributed by atoms with Crippen LogP contribution in [0.5, 0.6) is 0 Å². The molecule has 8 heteroatoms. The minimum atomic E-state index is -0.0635. The van der Waals surface area contributed by atoms with Gasteiger partial charge in [-0.05, 0) is 43.7 Å². The third-order valence-electron chi connectivity index (χ3n) is 5.48. The lowest BCUT2D eigenvalue weighted by molar-refractivity contribution is 0.0657. The van der Waals surface area contributed by atoms with Crippen LogP contribution in [-0.2, 0) is 6.54 Å². The fourth-order valence-corrected chi connectivity index (χ4v) is 3.92. The van der Waals surface area contributed by atoms with Gasteiger partial charge >= 0.3 is 0 Å². The summed E-state index contributed by atoms with van der Waals surface area (Å²) >= 11 is 0. The van der Waals surface area contributed by atoms with E-state index >= 15 is 0 Å². The Labute approximate surface area is 182 Å². The molecule has 2 aromatic heterocycles. The number of carbonyl (C=O) groups excluding carboxylic acids is 1. The summed E-state index contributed by atoms with van der Waals surface area (Å²) in [4.78, 5) is 20.9. The van der Waals surface area contributed by atoms with Crippen LogP contribution in [-0.4, -0.2) is 64.7 Å². The summed E-state index contributed by atoms with van der Waals surface area (Å²) in [5.74, 6) is 1.15. The van der Waals surface area contributed by atoms with Crippen molar-refractivity contribution in [1.29, 1.82) is 0 Å². The lowest BCUT2D eigenvalue weighted by Crippen LogP contribution is -2.53. The minimum absolute atomic E-state index is 0.0635. The van der Waals surface area contributed by atoms with Crippen molar-refractivity contribution in [3.8, 4) is 5.69 Å². The van der Waals surface area contributed by atoms with E-state index in [9.17, 15) is 4.79 Å². The topological polar surface area (TPSA) is 78.9 Å². The fourth-order valence-electron chi connectivity index (χ4n) is 3.92. The first-order valence-electron chi connectivity index (χ1n) is 10.5. The van der Waals surface area contributed by atoms with Crippen LogP contribution >= 0.6 is 0 Å². The van der Waals surface area contributed by atoms with Crippen molar-refractivity contribution in [3.63, 3.8) is 0 Å². The summed E-state index contributed by atoms with van der Waals surface area (Å²) < 4.78 is 7.22. The number of aromatic nitrogens is 2. The second kappa shape index (κ2) is 9.07. The van der Waals surface area contributed by atoms with Crippen LogP contribution in [0.3, 0.4) is 0 Å². The van der Waals surface area contributed by atoms with E-state index in [0.717, 1.165) is 28.6 Å². The minimum Gasteiger partial charge on any atom is -0.459 e. The Morgan fingerprint density at radius 2 is 1.84 bits per heavy atom. The molecule has 0 aliphatic carbocycles. The highest BCUT2D eigenvalue weighted by molar-refractivity contribution is 5.91. The van der Waals surface area contributed by atoms with Crippen LogP contribution in [0.2, 0.25) is 0 Å². The van der Waals surface area contributed by atoms with Gasteiger partial charge in [-0.2, -0.15) is 5.10 Å². The summed E-state index contributed by atoms with van der Waals surface area (Å²) in [6.07, 6.45) is 1.53. The molecule has 0 radical (unpaired) electrons. The fraction of sp³-hybridized carbons (Fsp3) is 0.348. The number of aryl methyl sites for hydroxylation is 2. The molecule has 0 spiro atoms. The Balaban J connectivity index is 1.39. The average Bonchev–Trinajstić information content (AvgIpc) is 3.44. The average molecular weight is 421 g/mol. The maximum atomic E-state index is 12.5. The van der Waals surface area contributed by atoms with Crippen molar-refractivity contribution >= 4 is 11.9 Å². The third kappa shape index (κ3) is 4.47. The number of benzene rings is 1. The Morgan fingerprint density at radius 1 is 1.10 bits per heavy atom. The number of rotatable bonds is 4. The molecule has 4 rings (SSSR count). The van der Waals surface area contributed by atoms with Crippen LogP contribution in [0.1, 0.15) is 27.5 Å². The maximum Gasteiger partial charge on any atom is 0.289 e. The Morgan fingerprint density at radius 3 is 2.48 bits per heavy atom. The molecule has 8 nitrogen and oxygen atoms in total. The van der Waals surface area contributed by atoms with Crippen LogP contribution in [0.25, 0.3) is 5.69 Å². The zero-order valence-electron chi connectivity index (χ0n) is 18.2. The number of nitrogens with one attached hydrogen (secondary N) is 1. The standard InChI is InChI=1S/C23H28N6O2/c1-17-15-18(2)29(26-17)20-8-5-4-7-19(20)16-25-23(24-3)28-12-10-27(11-13-28)22(30)21-9-6-14-31-21/h4-9,14-15H,10-13,16H2,1-3H3,(H,24,25). The lowest BCUT2D eigenvalue weighted by atomic mass is 10.1. The largest absolute Gasteiger partial charge is 0.459 e. The zero-order chi connectivity index (χ0) is 21.8. The molecule has 0 atom stereocenters. The first-order chi connectivity index (χ1) is 15.1. The van der Waals surface area contributed by atoms with Crippen LogP contribution in [0.4, 0.5) is 0 Å². The van der Waals surface area contributed by atoms with Crippen molar-refractivity contribution in [2.24, 2.45) is 4.99 Å². The number of furan rings is 1. The van der Waals surface area contributed by atoms with E-state index in [1.807, 2.05) is 28.6 Å². The van der Waals surface area contributed by atoms with Gasteiger partial charge in [0.1, 0.15) is 0 Å². The van der Waals surface area contributed by atoms with E-state index in [4.69, 9.17) is 4.42 Å². The second-order valence-electron chi connectivity index (χ2n) is 7.62. The molecule has 3 heterocycles. The third-order valence-corrected chi connectivity index (χ3v) is 5.48. The molecule has 3 aromatic rings. The van der Waals surface area contributed by atoms with E-state index in [0.29, 0.717) is 38.5 Å². The van der Waals surface area contributed by atoms with E-state index in [2.05, 4.69) is 45.4 Å². The van der Waals surface area contributed by atoms with E-state index in [-0.39, 0.29) is 5.91 Å². The lowest BCUT2D eigenvalue weighted by Gasteiger charge is -2.36. The number of nitrogens with zero attached hydrogens (tertiary/aromatic N) is 5. The first kappa shape index (κ1) is 20.7. The number of aliphatic imine (C=N–C) groups is 1. The number of hydrogen-bond acceptors (Lipinski definition) is 4. The van der Waals surface area contributed by atoms with Gasteiger partial charge in [-0.1, -0.05) is 18.2 Å². The Bertz CT molecular complexity index is 1060. The Hall–Kier alpha value is -3.55. The summed E-state index contributed by atoms with van der Waals surface area (Å²) in [7, 11) is 1.79. The molecule has 1 amide bonds. The normalized spacial score (nSPS) is 14.7. The predicted octanol–water partition coefficient (Wildman–Crippen LogP) is 2.62. The van der Waals surface area contributed by atoms with Crippen LogP contribution in [0.15, 0.2) is 58.1 Å². The highest BCUT2D eigenvalue weighted by Gasteiger charge is 2.25. The zero-order valence-corrected chi connectivity index (χ0v) is 18.2. The van der Waals surface area contributed by atoms with Gasteiger partial charge in [-0.15, -0.1) is 0 Å². The van der Waals surface area contributed by atoms with Crippen molar-refractivity contribution in [2.45, 2.75) is 20.4 Å². The van der Waals surface area contributed by atoms with Gasteiger partial charge in [0.15, 0.2) is 11.7 Å². The monoisotopic (exact) mass is 420 g/mol. The van der Waals surface area contributed by atoms with Gasteiger partial charge in [-0.25, -0.2) is 4.68 Å². The van der Waals surface area contributed by atoms with E-state index in [1.54, 1.807) is 19.2 Å². The quantitative estimate of drug-likeness (QED) is 0.519. The molecule has 1 fully saturated rings. The molecule has 1 aliphatic heterocycles. The molecule has 1 saturated heterocycles. The van der Waals surface area contributed by atoms with Crippen LogP contribution < -0.4 is 5.32 Å². The van der Waals surface area contributed by atoms with Gasteiger partial charge in [0, 0.05) is 45.5 Å². The Kier molecular flexibility index (Phi) is 6.06. The highest BCUT2D eigenvalue weighted by atomic mass is 16.3. The summed E-state index contributed by atoms with van der Waals surface area (Å²) in [5, 5.41) is 8.10. The van der Waals surface area contributed by atoms with E-state index < -0.39 is 0 Å². The van der Waals surface area contributed by atoms with Gasteiger partial charge in [0.2, 0.25) is 0 Å². The molecular formula is C23H28N6O2. The van der Waals surface area contributed by atoms with Crippen molar-refractivity contribution < 1.29 is 9.21 Å². The van der Waals surface area contributed by atoms with Crippen molar-refractivity contribution in [3.05, 3.63) is 71.4 Å². The smallest absolute Gasteiger partial charge is 0.289 e. The number of amides is 1. The SMILES string of the molecule is CN=C(NCc1ccccc1-n1nc(C)cc1C)N1CCN(C(=O)c2ccco2)CC1. The van der Waals surface area contributed by atoms with Crippen molar-refractivity contribution in [2.75, 3.05) is 33.2 Å².